The number of ether oxygens (including phenoxy) is 2. The predicted octanol–water partition coefficient (Wildman–Crippen LogP) is 3.68. The van der Waals surface area contributed by atoms with Crippen LogP contribution >= 0.6 is 0 Å². The number of carboxylic acids is 1. The van der Waals surface area contributed by atoms with E-state index in [1.54, 1.807) is 16.7 Å². The molecule has 12 heteroatoms. The Hall–Kier alpha value is -4.19. The lowest BCUT2D eigenvalue weighted by atomic mass is 10.0. The van der Waals surface area contributed by atoms with Crippen LogP contribution in [-0.4, -0.2) is 65.3 Å². The molecular formula is C28H27F2N3O7. The molecule has 40 heavy (non-hydrogen) atoms. The van der Waals surface area contributed by atoms with Crippen molar-refractivity contribution in [2.75, 3.05) is 36.0 Å². The number of hydrogen-bond acceptors (Lipinski definition) is 7. The molecule has 2 N–H and O–H groups in total. The van der Waals surface area contributed by atoms with Gasteiger partial charge in [-0.3, -0.25) is 9.69 Å². The van der Waals surface area contributed by atoms with Crippen molar-refractivity contribution in [2.45, 2.75) is 43.9 Å². The molecule has 2 aromatic carbocycles. The zero-order valence-corrected chi connectivity index (χ0v) is 21.4. The highest BCUT2D eigenvalue weighted by molar-refractivity contribution is 5.93. The lowest BCUT2D eigenvalue weighted by molar-refractivity contribution is 0.0694. The number of carbonyl (C=O) groups excluding carboxylic acids is 1. The molecule has 6 rings (SSSR count). The van der Waals surface area contributed by atoms with E-state index in [9.17, 15) is 29.0 Å². The number of nitrogens with zero attached hydrogens (tertiary/aromatic N) is 3. The zero-order valence-electron chi connectivity index (χ0n) is 21.4. The Kier molecular flexibility index (Phi) is 6.57. The van der Waals surface area contributed by atoms with Crippen molar-refractivity contribution in [2.24, 2.45) is 0 Å². The molecule has 0 unspecified atom stereocenters. The smallest absolute Gasteiger partial charge is 0.414 e. The molecule has 2 aliphatic heterocycles. The van der Waals surface area contributed by atoms with Crippen LogP contribution in [0.3, 0.4) is 0 Å². The van der Waals surface area contributed by atoms with Gasteiger partial charge in [0.2, 0.25) is 5.43 Å². The summed E-state index contributed by atoms with van der Waals surface area (Å²) in [6, 6.07) is 6.99. The average molecular weight is 556 g/mol. The standard InChI is InChI=1S/C28H27F2N3O7/c29-21-10-19-23(32(15-1-2-15)13-20(26(19)35)27(36)37)11-24(21)31-7-5-17(6-8-31)39-25-4-3-16(9-22(25)30)33-12-18(14-34)40-28(33)38/h3-4,9-11,13,15,17-18,34H,1-2,5-8,12,14H2,(H,36,37)/t18-/m1/s1. The first-order chi connectivity index (χ1) is 19.2. The van der Waals surface area contributed by atoms with E-state index in [2.05, 4.69) is 0 Å². The summed E-state index contributed by atoms with van der Waals surface area (Å²) >= 11 is 0. The third-order valence-electron chi connectivity index (χ3n) is 7.65. The highest BCUT2D eigenvalue weighted by Crippen LogP contribution is 2.38. The minimum absolute atomic E-state index is 0.0352. The van der Waals surface area contributed by atoms with Crippen LogP contribution in [0.5, 0.6) is 5.75 Å². The van der Waals surface area contributed by atoms with Gasteiger partial charge in [0.25, 0.3) is 0 Å². The number of piperidine rings is 1. The Balaban J connectivity index is 1.17. The molecule has 0 radical (unpaired) electrons. The molecule has 3 aliphatic rings. The SMILES string of the molecule is O=C(O)c1cn(C2CC2)c2cc(N3CCC(Oc4ccc(N5C[C@H](CO)OC5=O)cc4F)CC3)c(F)cc2c1=O. The summed E-state index contributed by atoms with van der Waals surface area (Å²) in [5, 5.41) is 18.7. The molecule has 10 nitrogen and oxygen atoms in total. The summed E-state index contributed by atoms with van der Waals surface area (Å²) in [5.41, 5.74) is 0.0329. The van der Waals surface area contributed by atoms with Gasteiger partial charge in [-0.15, -0.1) is 0 Å². The molecule has 1 atom stereocenters. The minimum Gasteiger partial charge on any atom is -0.487 e. The Bertz CT molecular complexity index is 1560. The largest absolute Gasteiger partial charge is 0.487 e. The lowest BCUT2D eigenvalue weighted by Gasteiger charge is -2.34. The monoisotopic (exact) mass is 555 g/mol. The fourth-order valence-corrected chi connectivity index (χ4v) is 5.38. The molecule has 0 bridgehead atoms. The molecule has 3 fully saturated rings. The number of anilines is 2. The van der Waals surface area contributed by atoms with Crippen LogP contribution in [0.4, 0.5) is 25.0 Å². The normalized spacial score (nSPS) is 19.8. The van der Waals surface area contributed by atoms with Crippen molar-refractivity contribution in [1.82, 2.24) is 4.57 Å². The number of aliphatic hydroxyl groups excluding tert-OH is 1. The van der Waals surface area contributed by atoms with Gasteiger partial charge in [0.1, 0.15) is 23.6 Å². The number of pyridine rings is 1. The summed E-state index contributed by atoms with van der Waals surface area (Å²) < 4.78 is 42.7. The van der Waals surface area contributed by atoms with Gasteiger partial charge in [0.05, 0.1) is 30.0 Å². The highest BCUT2D eigenvalue weighted by Gasteiger charge is 2.33. The topological polar surface area (TPSA) is 122 Å². The third kappa shape index (κ3) is 4.72. The van der Waals surface area contributed by atoms with Gasteiger partial charge in [0.15, 0.2) is 11.6 Å². The molecule has 0 spiro atoms. The maximum Gasteiger partial charge on any atom is 0.414 e. The van der Waals surface area contributed by atoms with E-state index < -0.39 is 35.2 Å². The molecule has 2 saturated heterocycles. The number of benzene rings is 2. The number of carbonyl (C=O) groups is 2. The van der Waals surface area contributed by atoms with Gasteiger partial charge in [-0.1, -0.05) is 0 Å². The summed E-state index contributed by atoms with van der Waals surface area (Å²) in [4.78, 5) is 39.4. The van der Waals surface area contributed by atoms with Gasteiger partial charge in [-0.05, 0) is 37.1 Å². The quantitative estimate of drug-likeness (QED) is 0.453. The Morgan fingerprint density at radius 1 is 1.05 bits per heavy atom. The van der Waals surface area contributed by atoms with Crippen LogP contribution in [0.2, 0.25) is 0 Å². The number of hydrogen-bond donors (Lipinski definition) is 2. The lowest BCUT2D eigenvalue weighted by Crippen LogP contribution is -2.39. The van der Waals surface area contributed by atoms with Gasteiger partial charge >= 0.3 is 12.1 Å². The summed E-state index contributed by atoms with van der Waals surface area (Å²) in [6.07, 6.45) is 2.41. The molecule has 3 aromatic rings. The summed E-state index contributed by atoms with van der Waals surface area (Å²) in [7, 11) is 0. The van der Waals surface area contributed by atoms with E-state index in [0.717, 1.165) is 18.9 Å². The van der Waals surface area contributed by atoms with E-state index >= 15 is 4.39 Å². The van der Waals surface area contributed by atoms with Gasteiger partial charge < -0.3 is 29.2 Å². The maximum atomic E-state index is 15.2. The zero-order chi connectivity index (χ0) is 28.1. The van der Waals surface area contributed by atoms with Crippen molar-refractivity contribution >= 4 is 34.3 Å². The van der Waals surface area contributed by atoms with E-state index in [0.29, 0.717) is 42.8 Å². The van der Waals surface area contributed by atoms with Gasteiger partial charge in [-0.25, -0.2) is 18.4 Å². The second-order valence-corrected chi connectivity index (χ2v) is 10.4. The molecule has 1 aliphatic carbocycles. The number of fused-ring (bicyclic) bond motifs is 1. The van der Waals surface area contributed by atoms with Crippen molar-refractivity contribution in [3.63, 3.8) is 0 Å². The number of rotatable bonds is 7. The van der Waals surface area contributed by atoms with E-state index in [-0.39, 0.29) is 42.0 Å². The summed E-state index contributed by atoms with van der Waals surface area (Å²) in [6.45, 7) is 0.654. The van der Waals surface area contributed by atoms with Crippen molar-refractivity contribution in [3.05, 3.63) is 63.9 Å². The average Bonchev–Trinajstić information content (AvgIpc) is 3.71. The molecule has 210 valence electrons. The van der Waals surface area contributed by atoms with E-state index in [1.165, 1.54) is 23.2 Å². The minimum atomic E-state index is -1.34. The Labute approximate surface area is 226 Å². The third-order valence-corrected chi connectivity index (χ3v) is 7.65. The van der Waals surface area contributed by atoms with Crippen molar-refractivity contribution in [1.29, 1.82) is 0 Å². The van der Waals surface area contributed by atoms with Crippen molar-refractivity contribution < 1.29 is 38.1 Å². The summed E-state index contributed by atoms with van der Waals surface area (Å²) in [5.74, 6) is -2.56. The number of aromatic carboxylic acids is 1. The van der Waals surface area contributed by atoms with E-state index in [1.807, 2.05) is 4.90 Å². The molecular weight excluding hydrogens is 528 g/mol. The fourth-order valence-electron chi connectivity index (χ4n) is 5.38. The Morgan fingerprint density at radius 2 is 1.80 bits per heavy atom. The Morgan fingerprint density at radius 3 is 2.42 bits per heavy atom. The van der Waals surface area contributed by atoms with E-state index in [4.69, 9.17) is 9.47 Å². The fraction of sp³-hybridized carbons (Fsp3) is 0.393. The van der Waals surface area contributed by atoms with Crippen LogP contribution in [0.15, 0.2) is 41.3 Å². The van der Waals surface area contributed by atoms with Crippen LogP contribution in [0.25, 0.3) is 10.9 Å². The number of aromatic nitrogens is 1. The molecule has 1 amide bonds. The molecule has 1 saturated carbocycles. The van der Waals surface area contributed by atoms with Crippen molar-refractivity contribution in [3.8, 4) is 5.75 Å². The van der Waals surface area contributed by atoms with Crippen LogP contribution in [-0.2, 0) is 4.74 Å². The van der Waals surface area contributed by atoms with Crippen LogP contribution < -0.4 is 20.0 Å². The second-order valence-electron chi connectivity index (χ2n) is 10.4. The number of aliphatic hydroxyl groups is 1. The number of halogens is 2. The first kappa shape index (κ1) is 26.1. The molecule has 3 heterocycles. The molecule has 1 aromatic heterocycles. The maximum absolute atomic E-state index is 15.2. The number of carboxylic acid groups (broad SMARTS) is 1. The highest BCUT2D eigenvalue weighted by atomic mass is 19.1. The number of cyclic esters (lactones) is 1. The van der Waals surface area contributed by atoms with Crippen LogP contribution in [0, 0.1) is 11.6 Å². The van der Waals surface area contributed by atoms with Crippen LogP contribution in [0.1, 0.15) is 42.1 Å². The predicted molar refractivity (Wildman–Crippen MR) is 140 cm³/mol. The first-order valence-electron chi connectivity index (χ1n) is 13.2. The second kappa shape index (κ2) is 10.1. The first-order valence-corrected chi connectivity index (χ1v) is 13.2. The number of amides is 1. The van der Waals surface area contributed by atoms with Gasteiger partial charge in [0, 0.05) is 49.6 Å². The van der Waals surface area contributed by atoms with Gasteiger partial charge in [-0.2, -0.15) is 0 Å².